The highest BCUT2D eigenvalue weighted by atomic mass is 35.5. The largest absolute Gasteiger partial charge is 0.365 e. The predicted octanol–water partition coefficient (Wildman–Crippen LogP) is 2.28. The number of likely N-dealkylation sites (N-methyl/N-ethyl adjacent to an activating group) is 1. The van der Waals surface area contributed by atoms with E-state index in [4.69, 9.17) is 11.6 Å². The lowest BCUT2D eigenvalue weighted by Gasteiger charge is -2.37. The SMILES string of the molecule is CCCCn1ncc(N2CCCCC2CNC)c(Cl)c1=O. The second kappa shape index (κ2) is 7.80. The first-order valence-electron chi connectivity index (χ1n) is 7.86. The van der Waals surface area contributed by atoms with Crippen molar-refractivity contribution in [3.8, 4) is 0 Å². The fourth-order valence-corrected chi connectivity index (χ4v) is 3.14. The van der Waals surface area contributed by atoms with Gasteiger partial charge in [-0.3, -0.25) is 4.79 Å². The number of piperidine rings is 1. The van der Waals surface area contributed by atoms with Gasteiger partial charge in [-0.25, -0.2) is 4.68 Å². The van der Waals surface area contributed by atoms with E-state index in [1.54, 1.807) is 6.20 Å². The van der Waals surface area contributed by atoms with Gasteiger partial charge in [0.1, 0.15) is 5.02 Å². The van der Waals surface area contributed by atoms with Crippen LogP contribution in [0, 0.1) is 0 Å². The van der Waals surface area contributed by atoms with Crippen LogP contribution in [0.25, 0.3) is 0 Å². The minimum absolute atomic E-state index is 0.170. The summed E-state index contributed by atoms with van der Waals surface area (Å²) in [5.41, 5.74) is 0.616. The van der Waals surface area contributed by atoms with E-state index in [0.717, 1.165) is 44.5 Å². The zero-order valence-electron chi connectivity index (χ0n) is 12.9. The molecule has 0 aliphatic carbocycles. The van der Waals surface area contributed by atoms with E-state index in [-0.39, 0.29) is 5.56 Å². The Morgan fingerprint density at radius 3 is 3.00 bits per heavy atom. The Bertz CT molecular complexity index is 515. The third kappa shape index (κ3) is 3.77. The highest BCUT2D eigenvalue weighted by Gasteiger charge is 2.25. The van der Waals surface area contributed by atoms with Crippen LogP contribution in [0.2, 0.25) is 5.02 Å². The minimum atomic E-state index is -0.170. The van der Waals surface area contributed by atoms with Crippen LogP contribution in [0.4, 0.5) is 5.69 Å². The van der Waals surface area contributed by atoms with Gasteiger partial charge in [0.15, 0.2) is 0 Å². The molecule has 0 aromatic carbocycles. The Morgan fingerprint density at radius 1 is 1.48 bits per heavy atom. The summed E-state index contributed by atoms with van der Waals surface area (Å²) in [6.45, 7) is 4.56. The van der Waals surface area contributed by atoms with Crippen molar-refractivity contribution in [1.29, 1.82) is 0 Å². The maximum atomic E-state index is 12.3. The van der Waals surface area contributed by atoms with Crippen molar-refractivity contribution in [2.24, 2.45) is 0 Å². The van der Waals surface area contributed by atoms with Gasteiger partial charge in [0, 0.05) is 25.7 Å². The van der Waals surface area contributed by atoms with Crippen molar-refractivity contribution >= 4 is 17.3 Å². The number of nitrogens with one attached hydrogen (secondary N) is 1. The van der Waals surface area contributed by atoms with Crippen LogP contribution in [0.1, 0.15) is 39.0 Å². The number of hydrogen-bond acceptors (Lipinski definition) is 4. The maximum Gasteiger partial charge on any atom is 0.287 e. The van der Waals surface area contributed by atoms with E-state index in [2.05, 4.69) is 22.2 Å². The molecule has 0 spiro atoms. The molecule has 118 valence electrons. The Labute approximate surface area is 131 Å². The predicted molar refractivity (Wildman–Crippen MR) is 87.3 cm³/mol. The molecular weight excluding hydrogens is 288 g/mol. The highest BCUT2D eigenvalue weighted by Crippen LogP contribution is 2.28. The fourth-order valence-electron chi connectivity index (χ4n) is 2.89. The zero-order valence-corrected chi connectivity index (χ0v) is 13.7. The third-order valence-corrected chi connectivity index (χ3v) is 4.42. The molecule has 0 bridgehead atoms. The van der Waals surface area contributed by atoms with Crippen molar-refractivity contribution in [2.75, 3.05) is 25.0 Å². The van der Waals surface area contributed by atoms with Gasteiger partial charge in [-0.2, -0.15) is 5.10 Å². The molecule has 5 nitrogen and oxygen atoms in total. The standard InChI is InChI=1S/C15H25ClN4O/c1-3-4-9-20-15(21)14(16)13(11-18-20)19-8-6-5-7-12(19)10-17-2/h11-12,17H,3-10H2,1-2H3. The second-order valence-corrected chi connectivity index (χ2v) is 6.00. The number of unbranched alkanes of at least 4 members (excludes halogenated alkanes) is 1. The van der Waals surface area contributed by atoms with Gasteiger partial charge in [0.25, 0.3) is 5.56 Å². The lowest BCUT2D eigenvalue weighted by Crippen LogP contribution is -2.46. The lowest BCUT2D eigenvalue weighted by molar-refractivity contribution is 0.444. The van der Waals surface area contributed by atoms with Gasteiger partial charge in [-0.15, -0.1) is 0 Å². The highest BCUT2D eigenvalue weighted by molar-refractivity contribution is 6.33. The molecule has 6 heteroatoms. The Kier molecular flexibility index (Phi) is 6.06. The molecule has 2 rings (SSSR count). The molecule has 1 saturated heterocycles. The van der Waals surface area contributed by atoms with Gasteiger partial charge < -0.3 is 10.2 Å². The molecule has 0 radical (unpaired) electrons. The molecule has 1 atom stereocenters. The molecule has 1 aliphatic heterocycles. The van der Waals surface area contributed by atoms with Crippen LogP contribution < -0.4 is 15.8 Å². The molecule has 2 heterocycles. The van der Waals surface area contributed by atoms with Crippen molar-refractivity contribution < 1.29 is 0 Å². The third-order valence-electron chi connectivity index (χ3n) is 4.07. The number of halogens is 1. The van der Waals surface area contributed by atoms with Crippen molar-refractivity contribution in [3.63, 3.8) is 0 Å². The van der Waals surface area contributed by atoms with Crippen LogP contribution >= 0.6 is 11.6 Å². The quantitative estimate of drug-likeness (QED) is 0.875. The Hall–Kier alpha value is -1.07. The first-order valence-corrected chi connectivity index (χ1v) is 8.23. The molecule has 0 amide bonds. The number of anilines is 1. The average molecular weight is 313 g/mol. The molecular formula is C15H25ClN4O. The van der Waals surface area contributed by atoms with Gasteiger partial charge >= 0.3 is 0 Å². The van der Waals surface area contributed by atoms with Crippen LogP contribution in [0.15, 0.2) is 11.0 Å². The second-order valence-electron chi connectivity index (χ2n) is 5.63. The van der Waals surface area contributed by atoms with E-state index in [0.29, 0.717) is 17.6 Å². The molecule has 1 aliphatic rings. The molecule has 1 aromatic rings. The van der Waals surface area contributed by atoms with Crippen LogP contribution in [-0.2, 0) is 6.54 Å². The fraction of sp³-hybridized carbons (Fsp3) is 0.733. The van der Waals surface area contributed by atoms with Crippen LogP contribution in [-0.4, -0.2) is 36.0 Å². The summed E-state index contributed by atoms with van der Waals surface area (Å²) in [5, 5.41) is 7.84. The first kappa shape index (κ1) is 16.3. The first-order chi connectivity index (χ1) is 10.2. The summed E-state index contributed by atoms with van der Waals surface area (Å²) in [5.74, 6) is 0. The van der Waals surface area contributed by atoms with Crippen molar-refractivity contribution in [2.45, 2.75) is 51.6 Å². The topological polar surface area (TPSA) is 50.2 Å². The maximum absolute atomic E-state index is 12.3. The molecule has 21 heavy (non-hydrogen) atoms. The van der Waals surface area contributed by atoms with Gasteiger partial charge in [0.2, 0.25) is 0 Å². The van der Waals surface area contributed by atoms with Crippen LogP contribution in [0.3, 0.4) is 0 Å². The summed E-state index contributed by atoms with van der Waals surface area (Å²) in [7, 11) is 1.95. The summed E-state index contributed by atoms with van der Waals surface area (Å²) in [6.07, 6.45) is 7.21. The lowest BCUT2D eigenvalue weighted by atomic mass is 10.0. The summed E-state index contributed by atoms with van der Waals surface area (Å²) in [6, 6.07) is 0.383. The van der Waals surface area contributed by atoms with E-state index < -0.39 is 0 Å². The average Bonchev–Trinajstić information content (AvgIpc) is 2.50. The summed E-state index contributed by atoms with van der Waals surface area (Å²) in [4.78, 5) is 14.6. The monoisotopic (exact) mass is 312 g/mol. The molecule has 1 fully saturated rings. The van der Waals surface area contributed by atoms with Crippen molar-refractivity contribution in [1.82, 2.24) is 15.1 Å². The molecule has 0 saturated carbocycles. The summed E-state index contributed by atoms with van der Waals surface area (Å²) < 4.78 is 1.48. The number of aryl methyl sites for hydroxylation is 1. The summed E-state index contributed by atoms with van der Waals surface area (Å²) >= 11 is 6.34. The molecule has 1 aromatic heterocycles. The van der Waals surface area contributed by atoms with E-state index in [1.807, 2.05) is 7.05 Å². The smallest absolute Gasteiger partial charge is 0.287 e. The van der Waals surface area contributed by atoms with Gasteiger partial charge in [-0.05, 0) is 32.7 Å². The Morgan fingerprint density at radius 2 is 2.29 bits per heavy atom. The number of hydrogen-bond donors (Lipinski definition) is 1. The Balaban J connectivity index is 2.26. The van der Waals surface area contributed by atoms with E-state index in [9.17, 15) is 4.79 Å². The zero-order chi connectivity index (χ0) is 15.2. The number of nitrogens with zero attached hydrogens (tertiary/aromatic N) is 3. The molecule has 1 N–H and O–H groups in total. The number of rotatable bonds is 6. The van der Waals surface area contributed by atoms with E-state index >= 15 is 0 Å². The van der Waals surface area contributed by atoms with E-state index in [1.165, 1.54) is 11.1 Å². The number of aromatic nitrogens is 2. The minimum Gasteiger partial charge on any atom is -0.365 e. The van der Waals surface area contributed by atoms with Crippen molar-refractivity contribution in [3.05, 3.63) is 21.6 Å². The van der Waals surface area contributed by atoms with Gasteiger partial charge in [0.05, 0.1) is 11.9 Å². The van der Waals surface area contributed by atoms with Gasteiger partial charge in [-0.1, -0.05) is 24.9 Å². The van der Waals surface area contributed by atoms with Crippen LogP contribution in [0.5, 0.6) is 0 Å². The molecule has 1 unspecified atom stereocenters. The normalized spacial score (nSPS) is 19.0.